The number of carbonyl (C=O) groups is 1. The Morgan fingerprint density at radius 1 is 1.23 bits per heavy atom. The van der Waals surface area contributed by atoms with Gasteiger partial charge in [0.1, 0.15) is 23.6 Å². The van der Waals surface area contributed by atoms with Gasteiger partial charge in [0, 0.05) is 5.39 Å². The summed E-state index contributed by atoms with van der Waals surface area (Å²) in [4.78, 5) is 25.6. The number of aromatic nitrogens is 4. The maximum atomic E-state index is 13.3. The molecule has 0 radical (unpaired) electrons. The molecule has 0 bridgehead atoms. The van der Waals surface area contributed by atoms with Crippen LogP contribution in [-0.2, 0) is 17.9 Å². The van der Waals surface area contributed by atoms with Crippen molar-refractivity contribution < 1.29 is 13.6 Å². The first kappa shape index (κ1) is 19.6. The van der Waals surface area contributed by atoms with Crippen molar-refractivity contribution in [1.29, 1.82) is 0 Å². The topological polar surface area (TPSA) is 94.9 Å². The number of nitrogens with one attached hydrogen (secondary N) is 1. The molecular formula is C21H20FN5O3. The highest BCUT2D eigenvalue weighted by Crippen LogP contribution is 2.23. The van der Waals surface area contributed by atoms with E-state index in [1.165, 1.54) is 35.2 Å². The molecule has 9 heteroatoms. The average Bonchev–Trinajstić information content (AvgIpc) is 3.39. The predicted octanol–water partition coefficient (Wildman–Crippen LogP) is 2.75. The van der Waals surface area contributed by atoms with Gasteiger partial charge in [0.05, 0.1) is 30.4 Å². The minimum Gasteiger partial charge on any atom is -0.467 e. The van der Waals surface area contributed by atoms with Crippen LogP contribution in [0.4, 0.5) is 4.39 Å². The summed E-state index contributed by atoms with van der Waals surface area (Å²) in [6, 6.07) is 9.15. The maximum Gasteiger partial charge on any atom is 0.293 e. The van der Waals surface area contributed by atoms with Crippen molar-refractivity contribution in [2.24, 2.45) is 0 Å². The summed E-state index contributed by atoms with van der Waals surface area (Å²) in [7, 11) is 0. The van der Waals surface area contributed by atoms with Gasteiger partial charge in [0.25, 0.3) is 5.56 Å². The molecule has 1 amide bonds. The standard InChI is InChI=1S/C21H20FN5O3/c1-13(2)19-17-11-24-27(15-7-5-14(22)6-8-15)20(17)21(29)26(25-19)12-18(28)23-10-16-4-3-9-30-16/h3-9,11,13H,10,12H2,1-2H3,(H,23,28). The van der Waals surface area contributed by atoms with E-state index in [0.29, 0.717) is 28.0 Å². The molecule has 30 heavy (non-hydrogen) atoms. The van der Waals surface area contributed by atoms with Crippen molar-refractivity contribution in [1.82, 2.24) is 24.9 Å². The van der Waals surface area contributed by atoms with E-state index in [4.69, 9.17) is 4.42 Å². The molecule has 0 atom stereocenters. The van der Waals surface area contributed by atoms with Crippen molar-refractivity contribution >= 4 is 16.8 Å². The Morgan fingerprint density at radius 3 is 2.67 bits per heavy atom. The molecule has 3 aromatic heterocycles. The first-order valence-electron chi connectivity index (χ1n) is 9.48. The van der Waals surface area contributed by atoms with Gasteiger partial charge in [-0.15, -0.1) is 0 Å². The Balaban J connectivity index is 1.73. The third kappa shape index (κ3) is 3.73. The number of fused-ring (bicyclic) bond motifs is 1. The van der Waals surface area contributed by atoms with Crippen LogP contribution >= 0.6 is 0 Å². The molecule has 0 spiro atoms. The van der Waals surface area contributed by atoms with E-state index in [0.717, 1.165) is 4.68 Å². The van der Waals surface area contributed by atoms with Gasteiger partial charge in [-0.1, -0.05) is 13.8 Å². The van der Waals surface area contributed by atoms with Crippen LogP contribution in [0.2, 0.25) is 0 Å². The number of furan rings is 1. The molecule has 154 valence electrons. The Bertz CT molecular complexity index is 1240. The number of hydrogen-bond acceptors (Lipinski definition) is 5. The van der Waals surface area contributed by atoms with E-state index in [1.54, 1.807) is 18.3 Å². The van der Waals surface area contributed by atoms with Crippen LogP contribution in [0.3, 0.4) is 0 Å². The van der Waals surface area contributed by atoms with Crippen molar-refractivity contribution in [2.45, 2.75) is 32.9 Å². The number of rotatable bonds is 6. The van der Waals surface area contributed by atoms with Crippen LogP contribution in [0.1, 0.15) is 31.2 Å². The number of benzene rings is 1. The van der Waals surface area contributed by atoms with Gasteiger partial charge in [-0.05, 0) is 42.3 Å². The fraction of sp³-hybridized carbons (Fsp3) is 0.238. The molecule has 1 aromatic carbocycles. The summed E-state index contributed by atoms with van der Waals surface area (Å²) >= 11 is 0. The third-order valence-electron chi connectivity index (χ3n) is 4.66. The minimum absolute atomic E-state index is 0.00334. The number of halogens is 1. The van der Waals surface area contributed by atoms with E-state index in [1.807, 2.05) is 13.8 Å². The normalized spacial score (nSPS) is 11.3. The van der Waals surface area contributed by atoms with Gasteiger partial charge < -0.3 is 9.73 Å². The monoisotopic (exact) mass is 409 g/mol. The Morgan fingerprint density at radius 2 is 2.00 bits per heavy atom. The lowest BCUT2D eigenvalue weighted by Gasteiger charge is -2.12. The van der Waals surface area contributed by atoms with Crippen molar-refractivity contribution in [3.63, 3.8) is 0 Å². The largest absolute Gasteiger partial charge is 0.467 e. The summed E-state index contributed by atoms with van der Waals surface area (Å²) in [5, 5.41) is 12.0. The van der Waals surface area contributed by atoms with Crippen LogP contribution in [0.15, 0.2) is 58.1 Å². The smallest absolute Gasteiger partial charge is 0.293 e. The molecule has 0 aliphatic rings. The third-order valence-corrected chi connectivity index (χ3v) is 4.66. The molecular weight excluding hydrogens is 389 g/mol. The highest BCUT2D eigenvalue weighted by atomic mass is 19.1. The lowest BCUT2D eigenvalue weighted by Crippen LogP contribution is -2.34. The predicted molar refractivity (Wildman–Crippen MR) is 108 cm³/mol. The number of hydrogen-bond donors (Lipinski definition) is 1. The summed E-state index contributed by atoms with van der Waals surface area (Å²) in [5.41, 5.74) is 1.03. The molecule has 4 aromatic rings. The first-order valence-corrected chi connectivity index (χ1v) is 9.48. The van der Waals surface area contributed by atoms with Crippen LogP contribution in [-0.4, -0.2) is 25.5 Å². The van der Waals surface area contributed by atoms with Gasteiger partial charge in [-0.3, -0.25) is 9.59 Å². The van der Waals surface area contributed by atoms with Gasteiger partial charge in [-0.2, -0.15) is 10.2 Å². The zero-order valence-electron chi connectivity index (χ0n) is 16.5. The molecule has 4 rings (SSSR count). The van der Waals surface area contributed by atoms with Gasteiger partial charge in [-0.25, -0.2) is 13.8 Å². The molecule has 0 saturated carbocycles. The maximum absolute atomic E-state index is 13.3. The lowest BCUT2D eigenvalue weighted by molar-refractivity contribution is -0.122. The van der Waals surface area contributed by atoms with E-state index in [9.17, 15) is 14.0 Å². The molecule has 0 aliphatic heterocycles. The second kappa shape index (κ2) is 7.94. The highest BCUT2D eigenvalue weighted by molar-refractivity contribution is 5.82. The van der Waals surface area contributed by atoms with E-state index < -0.39 is 5.56 Å². The van der Waals surface area contributed by atoms with E-state index >= 15 is 0 Å². The molecule has 0 saturated heterocycles. The molecule has 1 N–H and O–H groups in total. The number of amides is 1. The SMILES string of the molecule is CC(C)c1nn(CC(=O)NCc2ccco2)c(=O)c2c1cnn2-c1ccc(F)cc1. The first-order chi connectivity index (χ1) is 14.4. The molecule has 8 nitrogen and oxygen atoms in total. The van der Waals surface area contributed by atoms with Crippen LogP contribution < -0.4 is 10.9 Å². The molecule has 0 aliphatic carbocycles. The summed E-state index contributed by atoms with van der Waals surface area (Å²) in [6.45, 7) is 3.86. The lowest BCUT2D eigenvalue weighted by atomic mass is 10.1. The average molecular weight is 409 g/mol. The van der Waals surface area contributed by atoms with Crippen molar-refractivity contribution in [3.8, 4) is 5.69 Å². The summed E-state index contributed by atoms with van der Waals surface area (Å²) in [6.07, 6.45) is 3.09. The van der Waals surface area contributed by atoms with Crippen LogP contribution in [0.25, 0.3) is 16.6 Å². The highest BCUT2D eigenvalue weighted by Gasteiger charge is 2.20. The Labute approximate surface area is 170 Å². The molecule has 0 fully saturated rings. The summed E-state index contributed by atoms with van der Waals surface area (Å²) in [5.74, 6) is -0.152. The number of nitrogens with zero attached hydrogens (tertiary/aromatic N) is 4. The fourth-order valence-corrected chi connectivity index (χ4v) is 3.20. The van der Waals surface area contributed by atoms with Crippen LogP contribution in [0.5, 0.6) is 0 Å². The Hall–Kier alpha value is -3.75. The molecule has 3 heterocycles. The van der Waals surface area contributed by atoms with E-state index in [2.05, 4.69) is 15.5 Å². The second-order valence-corrected chi connectivity index (χ2v) is 7.15. The zero-order chi connectivity index (χ0) is 21.3. The van der Waals surface area contributed by atoms with Gasteiger partial charge in [0.15, 0.2) is 0 Å². The van der Waals surface area contributed by atoms with E-state index in [-0.39, 0.29) is 30.7 Å². The summed E-state index contributed by atoms with van der Waals surface area (Å²) < 4.78 is 21.1. The Kier molecular flexibility index (Phi) is 5.18. The minimum atomic E-state index is -0.454. The van der Waals surface area contributed by atoms with Gasteiger partial charge >= 0.3 is 0 Å². The van der Waals surface area contributed by atoms with Crippen LogP contribution in [0, 0.1) is 5.82 Å². The fourth-order valence-electron chi connectivity index (χ4n) is 3.20. The number of carbonyl (C=O) groups excluding carboxylic acids is 1. The quantitative estimate of drug-likeness (QED) is 0.528. The van der Waals surface area contributed by atoms with Gasteiger partial charge in [0.2, 0.25) is 5.91 Å². The zero-order valence-corrected chi connectivity index (χ0v) is 16.5. The second-order valence-electron chi connectivity index (χ2n) is 7.15. The van der Waals surface area contributed by atoms with Crippen molar-refractivity contribution in [2.75, 3.05) is 0 Å². The van der Waals surface area contributed by atoms with Crippen molar-refractivity contribution in [3.05, 3.63) is 76.5 Å². The molecule has 0 unspecified atom stereocenters.